The van der Waals surface area contributed by atoms with Gasteiger partial charge >= 0.3 is 0 Å². The van der Waals surface area contributed by atoms with Crippen LogP contribution in [0.25, 0.3) is 0 Å². The van der Waals surface area contributed by atoms with Crippen molar-refractivity contribution >= 4 is 16.5 Å². The molecule has 5 heteroatoms. The third-order valence-corrected chi connectivity index (χ3v) is 4.36. The first kappa shape index (κ1) is 14.8. The first-order valence-electron chi connectivity index (χ1n) is 6.97. The molecule has 1 saturated heterocycles. The zero-order valence-corrected chi connectivity index (χ0v) is 13.3. The van der Waals surface area contributed by atoms with Gasteiger partial charge in [-0.15, -0.1) is 11.3 Å². The molecule has 0 atom stereocenters. The number of anilines is 1. The lowest BCUT2D eigenvalue weighted by Crippen LogP contribution is -2.35. The molecule has 1 N–H and O–H groups in total. The quantitative estimate of drug-likeness (QED) is 0.901. The molecular formula is C14H25N3OS. The normalized spacial score (nSPS) is 16.3. The van der Waals surface area contributed by atoms with Crippen LogP contribution >= 0.6 is 11.3 Å². The average Bonchev–Trinajstić information content (AvgIpc) is 2.94. The van der Waals surface area contributed by atoms with Crippen molar-refractivity contribution in [3.8, 4) is 0 Å². The summed E-state index contributed by atoms with van der Waals surface area (Å²) in [4.78, 5) is 8.46. The highest BCUT2D eigenvalue weighted by atomic mass is 32.1. The Morgan fingerprint density at radius 2 is 2.00 bits per heavy atom. The molecule has 1 aromatic rings. The molecule has 1 fully saturated rings. The summed E-state index contributed by atoms with van der Waals surface area (Å²) in [5.74, 6) is 0. The van der Waals surface area contributed by atoms with Gasteiger partial charge in [-0.3, -0.25) is 0 Å². The highest BCUT2D eigenvalue weighted by Crippen LogP contribution is 2.29. The van der Waals surface area contributed by atoms with Gasteiger partial charge < -0.3 is 15.0 Å². The van der Waals surface area contributed by atoms with Crippen LogP contribution in [0.1, 0.15) is 44.2 Å². The number of nitrogens with one attached hydrogen (secondary N) is 1. The molecule has 2 rings (SSSR count). The van der Waals surface area contributed by atoms with E-state index in [0.717, 1.165) is 30.5 Å². The molecular weight excluding hydrogens is 258 g/mol. The summed E-state index contributed by atoms with van der Waals surface area (Å²) in [5, 5.41) is 4.70. The van der Waals surface area contributed by atoms with Crippen molar-refractivity contribution < 1.29 is 4.74 Å². The molecule has 0 unspecified atom stereocenters. The highest BCUT2D eigenvalue weighted by Gasteiger charge is 2.20. The van der Waals surface area contributed by atoms with Crippen molar-refractivity contribution in [2.45, 2.75) is 52.3 Å². The van der Waals surface area contributed by atoms with Gasteiger partial charge in [0.15, 0.2) is 5.13 Å². The van der Waals surface area contributed by atoms with E-state index in [1.54, 1.807) is 7.11 Å². The first-order valence-corrected chi connectivity index (χ1v) is 7.79. The molecule has 2 heterocycles. The van der Waals surface area contributed by atoms with Crippen LogP contribution in [0.15, 0.2) is 0 Å². The smallest absolute Gasteiger partial charge is 0.185 e. The van der Waals surface area contributed by atoms with Crippen molar-refractivity contribution in [3.63, 3.8) is 0 Å². The molecule has 19 heavy (non-hydrogen) atoms. The zero-order valence-electron chi connectivity index (χ0n) is 12.5. The van der Waals surface area contributed by atoms with Gasteiger partial charge in [-0.1, -0.05) is 0 Å². The Hall–Kier alpha value is -0.650. The van der Waals surface area contributed by atoms with Crippen molar-refractivity contribution in [1.29, 1.82) is 0 Å². The Morgan fingerprint density at radius 3 is 2.58 bits per heavy atom. The Morgan fingerprint density at radius 1 is 1.32 bits per heavy atom. The van der Waals surface area contributed by atoms with E-state index in [1.165, 1.54) is 17.7 Å². The van der Waals surface area contributed by atoms with Crippen LogP contribution in [-0.4, -0.2) is 30.7 Å². The molecule has 0 spiro atoms. The molecule has 4 nitrogen and oxygen atoms in total. The van der Waals surface area contributed by atoms with Crippen molar-refractivity contribution in [1.82, 2.24) is 10.3 Å². The van der Waals surface area contributed by atoms with E-state index in [1.807, 2.05) is 11.3 Å². The number of hydrogen-bond donors (Lipinski definition) is 1. The van der Waals surface area contributed by atoms with Crippen molar-refractivity contribution in [3.05, 3.63) is 10.6 Å². The van der Waals surface area contributed by atoms with E-state index in [2.05, 4.69) is 31.0 Å². The maximum Gasteiger partial charge on any atom is 0.185 e. The number of rotatable bonds is 5. The van der Waals surface area contributed by atoms with Crippen LogP contribution in [0.3, 0.4) is 0 Å². The lowest BCUT2D eigenvalue weighted by molar-refractivity contribution is 0.181. The second kappa shape index (κ2) is 6.20. The summed E-state index contributed by atoms with van der Waals surface area (Å²) in [6.45, 7) is 10.3. The topological polar surface area (TPSA) is 37.4 Å². The van der Waals surface area contributed by atoms with Gasteiger partial charge in [-0.2, -0.15) is 0 Å². The number of nitrogens with zero attached hydrogens (tertiary/aromatic N) is 2. The van der Waals surface area contributed by atoms with E-state index in [0.29, 0.717) is 6.61 Å². The van der Waals surface area contributed by atoms with E-state index in [4.69, 9.17) is 9.72 Å². The number of aromatic nitrogens is 1. The fraction of sp³-hybridized carbons (Fsp3) is 0.786. The van der Waals surface area contributed by atoms with Crippen LogP contribution in [0.5, 0.6) is 0 Å². The van der Waals surface area contributed by atoms with E-state index in [-0.39, 0.29) is 5.54 Å². The van der Waals surface area contributed by atoms with E-state index < -0.39 is 0 Å². The minimum Gasteiger partial charge on any atom is -0.378 e. The largest absolute Gasteiger partial charge is 0.378 e. The zero-order chi connectivity index (χ0) is 13.9. The van der Waals surface area contributed by atoms with Crippen LogP contribution in [0.4, 0.5) is 5.13 Å². The molecule has 0 aromatic carbocycles. The molecule has 1 aromatic heterocycles. The van der Waals surface area contributed by atoms with Crippen molar-refractivity contribution in [2.24, 2.45) is 0 Å². The fourth-order valence-electron chi connectivity index (χ4n) is 2.15. The monoisotopic (exact) mass is 283 g/mol. The molecule has 1 aliphatic heterocycles. The predicted molar refractivity (Wildman–Crippen MR) is 80.9 cm³/mol. The number of ether oxygens (including phenoxy) is 1. The van der Waals surface area contributed by atoms with Gasteiger partial charge in [0.05, 0.1) is 12.3 Å². The lowest BCUT2D eigenvalue weighted by atomic mass is 10.1. The van der Waals surface area contributed by atoms with Gasteiger partial charge in [0.2, 0.25) is 0 Å². The SMILES string of the molecule is COCc1nc(N2CCCC2)sc1CNC(C)(C)C. The van der Waals surface area contributed by atoms with Crippen LogP contribution < -0.4 is 10.2 Å². The second-order valence-electron chi connectivity index (χ2n) is 6.10. The summed E-state index contributed by atoms with van der Waals surface area (Å²) in [6.07, 6.45) is 2.57. The molecule has 0 radical (unpaired) electrons. The van der Waals surface area contributed by atoms with Gasteiger partial charge in [0.1, 0.15) is 0 Å². The van der Waals surface area contributed by atoms with Crippen LogP contribution in [-0.2, 0) is 17.9 Å². The molecule has 0 amide bonds. The third kappa shape index (κ3) is 4.16. The van der Waals surface area contributed by atoms with Gasteiger partial charge in [-0.25, -0.2) is 4.98 Å². The highest BCUT2D eigenvalue weighted by molar-refractivity contribution is 7.15. The van der Waals surface area contributed by atoms with E-state index in [9.17, 15) is 0 Å². The molecule has 1 aliphatic rings. The maximum atomic E-state index is 5.27. The molecule has 0 saturated carbocycles. The summed E-state index contributed by atoms with van der Waals surface area (Å²) in [5.41, 5.74) is 1.22. The summed E-state index contributed by atoms with van der Waals surface area (Å²) >= 11 is 1.81. The number of thiazole rings is 1. The predicted octanol–water partition coefficient (Wildman–Crippen LogP) is 2.78. The minimum atomic E-state index is 0.127. The second-order valence-corrected chi connectivity index (χ2v) is 7.16. The Bertz CT molecular complexity index is 405. The van der Waals surface area contributed by atoms with Crippen molar-refractivity contribution in [2.75, 3.05) is 25.1 Å². The number of hydrogen-bond acceptors (Lipinski definition) is 5. The lowest BCUT2D eigenvalue weighted by Gasteiger charge is -2.20. The summed E-state index contributed by atoms with van der Waals surface area (Å²) in [6, 6.07) is 0. The average molecular weight is 283 g/mol. The Balaban J connectivity index is 2.10. The minimum absolute atomic E-state index is 0.127. The molecule has 0 bridgehead atoms. The molecule has 0 aliphatic carbocycles. The van der Waals surface area contributed by atoms with Crippen LogP contribution in [0, 0.1) is 0 Å². The Kier molecular flexibility index (Phi) is 4.81. The first-order chi connectivity index (χ1) is 8.99. The summed E-state index contributed by atoms with van der Waals surface area (Å²) < 4.78 is 5.27. The third-order valence-electron chi connectivity index (χ3n) is 3.20. The van der Waals surface area contributed by atoms with Gasteiger partial charge in [0, 0.05) is 37.2 Å². The van der Waals surface area contributed by atoms with Gasteiger partial charge in [0.25, 0.3) is 0 Å². The summed E-state index contributed by atoms with van der Waals surface area (Å²) in [7, 11) is 1.73. The molecule has 108 valence electrons. The van der Waals surface area contributed by atoms with Crippen LogP contribution in [0.2, 0.25) is 0 Å². The standard InChI is InChI=1S/C14H25N3OS/c1-14(2,3)15-9-12-11(10-18-4)16-13(19-12)17-7-5-6-8-17/h15H,5-10H2,1-4H3. The Labute approximate surface area is 120 Å². The number of methoxy groups -OCH3 is 1. The van der Waals surface area contributed by atoms with E-state index >= 15 is 0 Å². The van der Waals surface area contributed by atoms with Gasteiger partial charge in [-0.05, 0) is 33.6 Å². The fourth-order valence-corrected chi connectivity index (χ4v) is 3.20. The maximum absolute atomic E-state index is 5.27.